The van der Waals surface area contributed by atoms with Gasteiger partial charge in [-0.1, -0.05) is 19.1 Å². The molecule has 0 spiro atoms. The standard InChI is InChI=1S/C14H17NO3/c1-2-10-4-6-11(7-5-10)12(16)15-14(13(17)18)8-3-9-14/h4-7H,2-3,8-9H2,1H3,(H,15,16)(H,17,18). The third-order valence-corrected chi connectivity index (χ3v) is 3.59. The van der Waals surface area contributed by atoms with Crippen LogP contribution < -0.4 is 5.32 Å². The molecule has 2 rings (SSSR count). The summed E-state index contributed by atoms with van der Waals surface area (Å²) in [5, 5.41) is 11.8. The van der Waals surface area contributed by atoms with Gasteiger partial charge in [0.1, 0.15) is 5.54 Å². The number of carbonyl (C=O) groups excluding carboxylic acids is 1. The Balaban J connectivity index is 2.09. The quantitative estimate of drug-likeness (QED) is 0.855. The van der Waals surface area contributed by atoms with Gasteiger partial charge in [-0.2, -0.15) is 0 Å². The number of aryl methyl sites for hydroxylation is 1. The van der Waals surface area contributed by atoms with Crippen LogP contribution in [0.4, 0.5) is 0 Å². The minimum atomic E-state index is -1.04. The monoisotopic (exact) mass is 247 g/mol. The van der Waals surface area contributed by atoms with Crippen LogP contribution in [0, 0.1) is 0 Å². The molecule has 0 aromatic heterocycles. The highest BCUT2D eigenvalue weighted by Gasteiger charge is 2.45. The van der Waals surface area contributed by atoms with Crippen LogP contribution in [0.15, 0.2) is 24.3 Å². The Morgan fingerprint density at radius 2 is 1.89 bits per heavy atom. The highest BCUT2D eigenvalue weighted by molar-refractivity contribution is 5.98. The number of amides is 1. The van der Waals surface area contributed by atoms with Crippen LogP contribution in [0.2, 0.25) is 0 Å². The van der Waals surface area contributed by atoms with Crippen molar-refractivity contribution in [2.45, 2.75) is 38.1 Å². The first kappa shape index (κ1) is 12.6. The van der Waals surface area contributed by atoms with Gasteiger partial charge in [-0.05, 0) is 43.4 Å². The topological polar surface area (TPSA) is 66.4 Å². The molecule has 0 saturated heterocycles. The predicted molar refractivity (Wildman–Crippen MR) is 67.5 cm³/mol. The van der Waals surface area contributed by atoms with Crippen molar-refractivity contribution < 1.29 is 14.7 Å². The van der Waals surface area contributed by atoms with E-state index in [1.54, 1.807) is 12.1 Å². The Labute approximate surface area is 106 Å². The lowest BCUT2D eigenvalue weighted by molar-refractivity contribution is -0.148. The van der Waals surface area contributed by atoms with E-state index in [2.05, 4.69) is 5.32 Å². The summed E-state index contributed by atoms with van der Waals surface area (Å²) < 4.78 is 0. The fraction of sp³-hybridized carbons (Fsp3) is 0.429. The molecule has 4 nitrogen and oxygen atoms in total. The van der Waals surface area contributed by atoms with Gasteiger partial charge in [0.2, 0.25) is 0 Å². The Morgan fingerprint density at radius 1 is 1.28 bits per heavy atom. The van der Waals surface area contributed by atoms with E-state index >= 15 is 0 Å². The highest BCUT2D eigenvalue weighted by atomic mass is 16.4. The number of nitrogens with one attached hydrogen (secondary N) is 1. The Hall–Kier alpha value is -1.84. The maximum atomic E-state index is 12.0. The van der Waals surface area contributed by atoms with Crippen LogP contribution in [0.3, 0.4) is 0 Å². The lowest BCUT2D eigenvalue weighted by Crippen LogP contribution is -2.59. The summed E-state index contributed by atoms with van der Waals surface area (Å²) in [6.45, 7) is 2.04. The molecule has 1 saturated carbocycles. The maximum absolute atomic E-state index is 12.0. The third kappa shape index (κ3) is 2.23. The van der Waals surface area contributed by atoms with Crippen LogP contribution in [0.25, 0.3) is 0 Å². The molecule has 0 atom stereocenters. The first-order valence-corrected chi connectivity index (χ1v) is 6.22. The molecule has 18 heavy (non-hydrogen) atoms. The molecule has 1 aliphatic carbocycles. The first-order valence-electron chi connectivity index (χ1n) is 6.22. The summed E-state index contributed by atoms with van der Waals surface area (Å²) in [6, 6.07) is 7.26. The van der Waals surface area contributed by atoms with Crippen LogP contribution in [0.1, 0.15) is 42.1 Å². The zero-order chi connectivity index (χ0) is 13.2. The number of carbonyl (C=O) groups is 2. The number of hydrogen-bond acceptors (Lipinski definition) is 2. The van der Waals surface area contributed by atoms with Gasteiger partial charge in [0.25, 0.3) is 5.91 Å². The van der Waals surface area contributed by atoms with Crippen LogP contribution in [-0.2, 0) is 11.2 Å². The van der Waals surface area contributed by atoms with Gasteiger partial charge in [-0.3, -0.25) is 4.79 Å². The minimum absolute atomic E-state index is 0.306. The van der Waals surface area contributed by atoms with Crippen molar-refractivity contribution >= 4 is 11.9 Å². The van der Waals surface area contributed by atoms with E-state index in [0.29, 0.717) is 18.4 Å². The van der Waals surface area contributed by atoms with Crippen molar-refractivity contribution in [1.29, 1.82) is 0 Å². The van der Waals surface area contributed by atoms with Crippen molar-refractivity contribution in [1.82, 2.24) is 5.32 Å². The Kier molecular flexibility index (Phi) is 3.36. The summed E-state index contributed by atoms with van der Waals surface area (Å²) in [5.41, 5.74) is 0.628. The van der Waals surface area contributed by atoms with E-state index in [9.17, 15) is 9.59 Å². The molecule has 1 aromatic carbocycles. The van der Waals surface area contributed by atoms with E-state index in [4.69, 9.17) is 5.11 Å². The van der Waals surface area contributed by atoms with Gasteiger partial charge < -0.3 is 10.4 Å². The smallest absolute Gasteiger partial charge is 0.329 e. The molecule has 0 bridgehead atoms. The number of benzene rings is 1. The molecule has 96 valence electrons. The van der Waals surface area contributed by atoms with Gasteiger partial charge in [-0.15, -0.1) is 0 Å². The van der Waals surface area contributed by atoms with Crippen LogP contribution in [-0.4, -0.2) is 22.5 Å². The first-order chi connectivity index (χ1) is 8.57. The summed E-state index contributed by atoms with van der Waals surface area (Å²) in [4.78, 5) is 23.1. The second-order valence-electron chi connectivity index (χ2n) is 4.75. The molecule has 2 N–H and O–H groups in total. The third-order valence-electron chi connectivity index (χ3n) is 3.59. The van der Waals surface area contributed by atoms with Crippen molar-refractivity contribution in [3.63, 3.8) is 0 Å². The molecular formula is C14H17NO3. The molecular weight excluding hydrogens is 230 g/mol. The molecule has 0 unspecified atom stereocenters. The fourth-order valence-corrected chi connectivity index (χ4v) is 2.10. The molecule has 1 aliphatic rings. The SMILES string of the molecule is CCc1ccc(C(=O)NC2(C(=O)O)CCC2)cc1. The van der Waals surface area contributed by atoms with E-state index < -0.39 is 11.5 Å². The molecule has 1 amide bonds. The number of carboxylic acid groups (broad SMARTS) is 1. The molecule has 0 aliphatic heterocycles. The average Bonchev–Trinajstić information content (AvgIpc) is 2.33. The Morgan fingerprint density at radius 3 is 2.28 bits per heavy atom. The number of aliphatic carboxylic acids is 1. The summed E-state index contributed by atoms with van der Waals surface area (Å²) >= 11 is 0. The fourth-order valence-electron chi connectivity index (χ4n) is 2.10. The van der Waals surface area contributed by atoms with Crippen molar-refractivity contribution in [3.05, 3.63) is 35.4 Å². The molecule has 4 heteroatoms. The molecule has 1 fully saturated rings. The average molecular weight is 247 g/mol. The summed E-state index contributed by atoms with van der Waals surface area (Å²) in [5.74, 6) is -1.24. The van der Waals surface area contributed by atoms with Gasteiger partial charge in [-0.25, -0.2) is 4.79 Å². The minimum Gasteiger partial charge on any atom is -0.480 e. The van der Waals surface area contributed by atoms with Gasteiger partial charge in [0.15, 0.2) is 0 Å². The zero-order valence-electron chi connectivity index (χ0n) is 10.4. The van der Waals surface area contributed by atoms with Gasteiger partial charge in [0, 0.05) is 5.56 Å². The molecule has 1 aromatic rings. The maximum Gasteiger partial charge on any atom is 0.329 e. The molecule has 0 radical (unpaired) electrons. The number of rotatable bonds is 4. The number of hydrogen-bond donors (Lipinski definition) is 2. The zero-order valence-corrected chi connectivity index (χ0v) is 10.4. The van der Waals surface area contributed by atoms with E-state index in [-0.39, 0.29) is 5.91 Å². The van der Waals surface area contributed by atoms with E-state index in [1.807, 2.05) is 19.1 Å². The lowest BCUT2D eigenvalue weighted by atomic mass is 9.76. The molecule has 0 heterocycles. The van der Waals surface area contributed by atoms with Crippen LogP contribution in [0.5, 0.6) is 0 Å². The van der Waals surface area contributed by atoms with Gasteiger partial charge >= 0.3 is 5.97 Å². The highest BCUT2D eigenvalue weighted by Crippen LogP contribution is 2.32. The lowest BCUT2D eigenvalue weighted by Gasteiger charge is -2.38. The Bertz CT molecular complexity index is 460. The van der Waals surface area contributed by atoms with Crippen molar-refractivity contribution in [2.24, 2.45) is 0 Å². The largest absolute Gasteiger partial charge is 0.480 e. The number of carboxylic acids is 1. The van der Waals surface area contributed by atoms with Crippen molar-refractivity contribution in [3.8, 4) is 0 Å². The summed E-state index contributed by atoms with van der Waals surface area (Å²) in [7, 11) is 0. The predicted octanol–water partition coefficient (Wildman–Crippen LogP) is 1.99. The normalized spacial score (nSPS) is 16.7. The second-order valence-corrected chi connectivity index (χ2v) is 4.75. The summed E-state index contributed by atoms with van der Waals surface area (Å²) in [6.07, 6.45) is 2.80. The van der Waals surface area contributed by atoms with Crippen LogP contribution >= 0.6 is 0 Å². The van der Waals surface area contributed by atoms with Crippen molar-refractivity contribution in [2.75, 3.05) is 0 Å². The van der Waals surface area contributed by atoms with E-state index in [1.165, 1.54) is 0 Å². The van der Waals surface area contributed by atoms with E-state index in [0.717, 1.165) is 18.4 Å². The second kappa shape index (κ2) is 4.80. The van der Waals surface area contributed by atoms with Gasteiger partial charge in [0.05, 0.1) is 0 Å².